The lowest BCUT2D eigenvalue weighted by molar-refractivity contribution is 0.102. The van der Waals surface area contributed by atoms with Gasteiger partial charge in [0, 0.05) is 5.69 Å². The summed E-state index contributed by atoms with van der Waals surface area (Å²) < 4.78 is 26.8. The Hall–Kier alpha value is -2.43. The molecule has 0 spiro atoms. The first-order chi connectivity index (χ1) is 8.58. The van der Waals surface area contributed by atoms with Crippen LogP contribution in [0.3, 0.4) is 0 Å². The lowest BCUT2D eigenvalue weighted by Gasteiger charge is -2.07. The second-order valence-electron chi connectivity index (χ2n) is 3.67. The zero-order chi connectivity index (χ0) is 13.1. The minimum absolute atomic E-state index is 0.00118. The van der Waals surface area contributed by atoms with Crippen LogP contribution in [0.25, 0.3) is 0 Å². The molecule has 18 heavy (non-hydrogen) atoms. The van der Waals surface area contributed by atoms with E-state index in [1.54, 1.807) is 6.07 Å². The number of halogens is 2. The van der Waals surface area contributed by atoms with Crippen molar-refractivity contribution in [3.8, 4) is 0 Å². The van der Waals surface area contributed by atoms with E-state index in [2.05, 4.69) is 5.32 Å². The van der Waals surface area contributed by atoms with Crippen molar-refractivity contribution in [3.05, 3.63) is 59.7 Å². The highest BCUT2D eigenvalue weighted by atomic mass is 19.1. The summed E-state index contributed by atoms with van der Waals surface area (Å²) >= 11 is 0. The van der Waals surface area contributed by atoms with Gasteiger partial charge in [-0.05, 0) is 30.3 Å². The predicted molar refractivity (Wildman–Crippen MR) is 65.2 cm³/mol. The van der Waals surface area contributed by atoms with Crippen molar-refractivity contribution in [2.45, 2.75) is 0 Å². The zero-order valence-corrected chi connectivity index (χ0v) is 9.28. The van der Waals surface area contributed by atoms with Crippen LogP contribution >= 0.6 is 0 Å². The Balaban J connectivity index is 2.25. The van der Waals surface area contributed by atoms with Gasteiger partial charge in [-0.1, -0.05) is 12.1 Å². The van der Waals surface area contributed by atoms with Crippen molar-refractivity contribution in [2.75, 3.05) is 11.1 Å². The maximum Gasteiger partial charge on any atom is 0.258 e. The lowest BCUT2D eigenvalue weighted by Crippen LogP contribution is -2.14. The molecular formula is C13H10F2N2O. The number of hydrogen-bond acceptors (Lipinski definition) is 2. The molecule has 0 aromatic heterocycles. The average Bonchev–Trinajstić information content (AvgIpc) is 2.32. The fourth-order valence-corrected chi connectivity index (χ4v) is 1.47. The van der Waals surface area contributed by atoms with Gasteiger partial charge in [-0.15, -0.1) is 0 Å². The Morgan fingerprint density at radius 1 is 1.06 bits per heavy atom. The van der Waals surface area contributed by atoms with E-state index in [0.717, 1.165) is 6.07 Å². The SMILES string of the molecule is Nc1ccc(C(=O)Nc2ccccc2F)c(F)c1. The minimum Gasteiger partial charge on any atom is -0.399 e. The maximum atomic E-state index is 13.5. The molecule has 2 aromatic rings. The Kier molecular flexibility index (Phi) is 3.23. The standard InChI is InChI=1S/C13H10F2N2O/c14-10-3-1-2-4-12(10)17-13(18)9-6-5-8(16)7-11(9)15/h1-7H,16H2,(H,17,18). The van der Waals surface area contributed by atoms with E-state index in [1.165, 1.54) is 30.3 Å². The van der Waals surface area contributed by atoms with E-state index in [4.69, 9.17) is 5.73 Å². The van der Waals surface area contributed by atoms with E-state index in [1.807, 2.05) is 0 Å². The van der Waals surface area contributed by atoms with Crippen LogP contribution in [0.15, 0.2) is 42.5 Å². The van der Waals surface area contributed by atoms with E-state index < -0.39 is 17.5 Å². The summed E-state index contributed by atoms with van der Waals surface area (Å²) in [5.74, 6) is -2.05. The number of carbonyl (C=O) groups is 1. The van der Waals surface area contributed by atoms with Crippen LogP contribution in [-0.2, 0) is 0 Å². The first-order valence-corrected chi connectivity index (χ1v) is 5.19. The first kappa shape index (κ1) is 12.0. The van der Waals surface area contributed by atoms with Gasteiger partial charge < -0.3 is 11.1 Å². The summed E-state index contributed by atoms with van der Waals surface area (Å²) in [4.78, 5) is 11.7. The quantitative estimate of drug-likeness (QED) is 0.803. The van der Waals surface area contributed by atoms with Crippen molar-refractivity contribution in [3.63, 3.8) is 0 Å². The molecule has 0 fully saturated rings. The van der Waals surface area contributed by atoms with Crippen molar-refractivity contribution >= 4 is 17.3 Å². The summed E-state index contributed by atoms with van der Waals surface area (Å²) in [7, 11) is 0. The number of hydrogen-bond donors (Lipinski definition) is 2. The number of nitrogens with one attached hydrogen (secondary N) is 1. The summed E-state index contributed by atoms with van der Waals surface area (Å²) in [6.07, 6.45) is 0. The third kappa shape index (κ3) is 2.45. The largest absolute Gasteiger partial charge is 0.399 e. The molecule has 0 atom stereocenters. The van der Waals surface area contributed by atoms with Gasteiger partial charge in [-0.2, -0.15) is 0 Å². The van der Waals surface area contributed by atoms with Gasteiger partial charge in [0.05, 0.1) is 11.3 Å². The molecule has 3 N–H and O–H groups in total. The molecule has 0 aliphatic heterocycles. The molecule has 0 radical (unpaired) electrons. The van der Waals surface area contributed by atoms with Gasteiger partial charge in [0.15, 0.2) is 0 Å². The van der Waals surface area contributed by atoms with Crippen molar-refractivity contribution in [1.82, 2.24) is 0 Å². The molecule has 5 heteroatoms. The summed E-state index contributed by atoms with van der Waals surface area (Å²) in [5.41, 5.74) is 5.40. The van der Waals surface area contributed by atoms with Gasteiger partial charge in [0.1, 0.15) is 11.6 Å². The molecule has 0 saturated heterocycles. The Morgan fingerprint density at radius 3 is 2.44 bits per heavy atom. The maximum absolute atomic E-state index is 13.5. The highest BCUT2D eigenvalue weighted by molar-refractivity contribution is 6.04. The number of para-hydroxylation sites is 1. The monoisotopic (exact) mass is 248 g/mol. The van der Waals surface area contributed by atoms with Crippen LogP contribution < -0.4 is 11.1 Å². The third-order valence-corrected chi connectivity index (χ3v) is 2.36. The van der Waals surface area contributed by atoms with Crippen LogP contribution in [0.5, 0.6) is 0 Å². The molecule has 0 aliphatic carbocycles. The first-order valence-electron chi connectivity index (χ1n) is 5.19. The average molecular weight is 248 g/mol. The summed E-state index contributed by atoms with van der Waals surface area (Å²) in [5, 5.41) is 2.29. The fraction of sp³-hybridized carbons (Fsp3) is 0. The van der Waals surface area contributed by atoms with Gasteiger partial charge in [0.25, 0.3) is 5.91 Å². The molecule has 0 saturated carbocycles. The van der Waals surface area contributed by atoms with Crippen LogP contribution in [0.2, 0.25) is 0 Å². The zero-order valence-electron chi connectivity index (χ0n) is 9.28. The highest BCUT2D eigenvalue weighted by Crippen LogP contribution is 2.16. The molecular weight excluding hydrogens is 238 g/mol. The molecule has 0 unspecified atom stereocenters. The number of anilines is 2. The topological polar surface area (TPSA) is 55.1 Å². The summed E-state index contributed by atoms with van der Waals surface area (Å²) in [6.45, 7) is 0. The van der Waals surface area contributed by atoms with Crippen molar-refractivity contribution in [2.24, 2.45) is 0 Å². The summed E-state index contributed by atoms with van der Waals surface area (Å²) in [6, 6.07) is 9.35. The number of nitrogens with two attached hydrogens (primary N) is 1. The van der Waals surface area contributed by atoms with Crippen LogP contribution in [0.4, 0.5) is 20.2 Å². The van der Waals surface area contributed by atoms with E-state index in [0.29, 0.717) is 0 Å². The second kappa shape index (κ2) is 4.83. The molecule has 3 nitrogen and oxygen atoms in total. The minimum atomic E-state index is -0.746. The molecule has 2 aromatic carbocycles. The Morgan fingerprint density at radius 2 is 1.78 bits per heavy atom. The third-order valence-electron chi connectivity index (χ3n) is 2.36. The number of benzene rings is 2. The van der Waals surface area contributed by atoms with Gasteiger partial charge in [-0.3, -0.25) is 4.79 Å². The highest BCUT2D eigenvalue weighted by Gasteiger charge is 2.13. The van der Waals surface area contributed by atoms with E-state index in [-0.39, 0.29) is 16.9 Å². The molecule has 92 valence electrons. The predicted octanol–water partition coefficient (Wildman–Crippen LogP) is 2.80. The smallest absolute Gasteiger partial charge is 0.258 e. The van der Waals surface area contributed by atoms with Crippen molar-refractivity contribution < 1.29 is 13.6 Å². The van der Waals surface area contributed by atoms with Gasteiger partial charge in [-0.25, -0.2) is 8.78 Å². The van der Waals surface area contributed by atoms with Crippen molar-refractivity contribution in [1.29, 1.82) is 0 Å². The van der Waals surface area contributed by atoms with E-state index >= 15 is 0 Å². The van der Waals surface area contributed by atoms with E-state index in [9.17, 15) is 13.6 Å². The number of amides is 1. The fourth-order valence-electron chi connectivity index (χ4n) is 1.47. The number of rotatable bonds is 2. The molecule has 0 bridgehead atoms. The van der Waals surface area contributed by atoms with Gasteiger partial charge >= 0.3 is 0 Å². The normalized spacial score (nSPS) is 10.1. The van der Waals surface area contributed by atoms with Crippen LogP contribution in [0.1, 0.15) is 10.4 Å². The lowest BCUT2D eigenvalue weighted by atomic mass is 10.1. The molecule has 0 aliphatic rings. The molecule has 2 rings (SSSR count). The Bertz CT molecular complexity index is 599. The number of nitrogen functional groups attached to an aromatic ring is 1. The van der Waals surface area contributed by atoms with Gasteiger partial charge in [0.2, 0.25) is 0 Å². The Labute approximate surface area is 102 Å². The molecule has 0 heterocycles. The molecule has 1 amide bonds. The number of carbonyl (C=O) groups excluding carboxylic acids is 1. The van der Waals surface area contributed by atoms with Crippen LogP contribution in [0, 0.1) is 11.6 Å². The van der Waals surface area contributed by atoms with Crippen LogP contribution in [-0.4, -0.2) is 5.91 Å². The second-order valence-corrected chi connectivity index (χ2v) is 3.67.